The zero-order valence-corrected chi connectivity index (χ0v) is 15.1. The molecular weight excluding hydrogens is 346 g/mol. The monoisotopic (exact) mass is 367 g/mol. The fourth-order valence-corrected chi connectivity index (χ4v) is 3.90. The third-order valence-corrected chi connectivity index (χ3v) is 5.00. The van der Waals surface area contributed by atoms with E-state index in [1.807, 2.05) is 6.07 Å². The number of hydrogen-bond acceptors (Lipinski definition) is 3. The molecule has 1 N–H and O–H groups in total. The molecule has 2 aromatic rings. The molecule has 0 aliphatic heterocycles. The lowest BCUT2D eigenvalue weighted by Crippen LogP contribution is -2.22. The summed E-state index contributed by atoms with van der Waals surface area (Å²) in [5.74, 6) is 0.929. The Kier molecular flexibility index (Phi) is 6.27. The lowest BCUT2D eigenvalue weighted by atomic mass is 10.0. The number of rotatable bonds is 7. The van der Waals surface area contributed by atoms with Gasteiger partial charge in [0, 0.05) is 9.35 Å². The molecule has 0 fully saturated rings. The van der Waals surface area contributed by atoms with Gasteiger partial charge in [0.05, 0.1) is 12.1 Å². The summed E-state index contributed by atoms with van der Waals surface area (Å²) in [6.45, 7) is 7.28. The molecule has 1 aromatic carbocycles. The molecule has 0 spiro atoms. The predicted molar refractivity (Wildman–Crippen MR) is 94.4 cm³/mol. The Hall–Kier alpha value is -0.840. The third-order valence-electron chi connectivity index (χ3n) is 3.07. The summed E-state index contributed by atoms with van der Waals surface area (Å²) in [6, 6.07) is 10.7. The average Bonchev–Trinajstić information content (AvgIpc) is 2.85. The van der Waals surface area contributed by atoms with E-state index >= 15 is 0 Å². The first-order valence-electron chi connectivity index (χ1n) is 7.34. The quantitative estimate of drug-likeness (QED) is 0.708. The van der Waals surface area contributed by atoms with Gasteiger partial charge in [0.2, 0.25) is 0 Å². The molecule has 114 valence electrons. The van der Waals surface area contributed by atoms with E-state index in [0.717, 1.165) is 23.2 Å². The highest BCUT2D eigenvalue weighted by Gasteiger charge is 2.18. The van der Waals surface area contributed by atoms with Crippen molar-refractivity contribution in [3.63, 3.8) is 0 Å². The number of nitrogens with one attached hydrogen (secondary N) is 1. The first-order chi connectivity index (χ1) is 10.1. The number of hydrogen-bond donors (Lipinski definition) is 1. The Morgan fingerprint density at radius 3 is 2.71 bits per heavy atom. The summed E-state index contributed by atoms with van der Waals surface area (Å²) in [7, 11) is 0. The summed E-state index contributed by atoms with van der Waals surface area (Å²) in [5, 5.41) is 5.75. The fraction of sp³-hybridized carbons (Fsp3) is 0.412. The number of benzene rings is 1. The predicted octanol–water partition coefficient (Wildman–Crippen LogP) is 5.39. The molecule has 1 unspecified atom stereocenters. The minimum atomic E-state index is 0.191. The summed E-state index contributed by atoms with van der Waals surface area (Å²) >= 11 is 5.43. The van der Waals surface area contributed by atoms with Gasteiger partial charge in [0.1, 0.15) is 5.75 Å². The minimum Gasteiger partial charge on any atom is -0.491 e. The van der Waals surface area contributed by atoms with E-state index in [0.29, 0.717) is 0 Å². The summed E-state index contributed by atoms with van der Waals surface area (Å²) in [6.07, 6.45) is 1.30. The Balaban J connectivity index is 2.30. The van der Waals surface area contributed by atoms with Crippen LogP contribution in [0.15, 0.2) is 40.2 Å². The van der Waals surface area contributed by atoms with Gasteiger partial charge < -0.3 is 10.1 Å². The SMILES string of the molecule is CCCNC(c1cccc(OC(C)C)c1)c1sccc1Br. The maximum absolute atomic E-state index is 5.82. The van der Waals surface area contributed by atoms with Crippen molar-refractivity contribution in [2.45, 2.75) is 39.3 Å². The van der Waals surface area contributed by atoms with Crippen LogP contribution in [-0.4, -0.2) is 12.6 Å². The molecule has 0 aliphatic rings. The molecule has 0 saturated heterocycles. The molecule has 21 heavy (non-hydrogen) atoms. The summed E-state index contributed by atoms with van der Waals surface area (Å²) in [5.41, 5.74) is 1.24. The van der Waals surface area contributed by atoms with Gasteiger partial charge in [-0.05, 0) is 71.9 Å². The highest BCUT2D eigenvalue weighted by Crippen LogP contribution is 2.34. The van der Waals surface area contributed by atoms with E-state index in [1.165, 1.54) is 10.4 Å². The van der Waals surface area contributed by atoms with Crippen molar-refractivity contribution in [2.24, 2.45) is 0 Å². The maximum atomic E-state index is 5.82. The maximum Gasteiger partial charge on any atom is 0.120 e. The Bertz CT molecular complexity index is 567. The Labute approximate surface area is 139 Å². The van der Waals surface area contributed by atoms with Crippen molar-refractivity contribution in [1.29, 1.82) is 0 Å². The largest absolute Gasteiger partial charge is 0.491 e. The number of halogens is 1. The molecule has 0 aliphatic carbocycles. The van der Waals surface area contributed by atoms with Crippen LogP contribution in [0.5, 0.6) is 5.75 Å². The van der Waals surface area contributed by atoms with Gasteiger partial charge in [0.25, 0.3) is 0 Å². The lowest BCUT2D eigenvalue weighted by molar-refractivity contribution is 0.242. The van der Waals surface area contributed by atoms with Gasteiger partial charge >= 0.3 is 0 Å². The van der Waals surface area contributed by atoms with Crippen LogP contribution in [0, 0.1) is 0 Å². The van der Waals surface area contributed by atoms with Crippen LogP contribution >= 0.6 is 27.3 Å². The molecule has 4 heteroatoms. The van der Waals surface area contributed by atoms with E-state index in [4.69, 9.17) is 4.74 Å². The second kappa shape index (κ2) is 7.97. The Morgan fingerprint density at radius 1 is 1.29 bits per heavy atom. The van der Waals surface area contributed by atoms with Crippen LogP contribution in [0.25, 0.3) is 0 Å². The zero-order chi connectivity index (χ0) is 15.2. The third kappa shape index (κ3) is 4.56. The molecule has 0 radical (unpaired) electrons. The van der Waals surface area contributed by atoms with Gasteiger partial charge in [-0.2, -0.15) is 0 Å². The van der Waals surface area contributed by atoms with Gasteiger partial charge in [-0.1, -0.05) is 19.1 Å². The first-order valence-corrected chi connectivity index (χ1v) is 9.02. The lowest BCUT2D eigenvalue weighted by Gasteiger charge is -2.20. The smallest absolute Gasteiger partial charge is 0.120 e. The van der Waals surface area contributed by atoms with E-state index in [1.54, 1.807) is 11.3 Å². The van der Waals surface area contributed by atoms with Gasteiger partial charge in [-0.15, -0.1) is 11.3 Å². The molecule has 1 heterocycles. The second-order valence-corrected chi connectivity index (χ2v) is 7.06. The van der Waals surface area contributed by atoms with E-state index in [2.05, 4.69) is 71.7 Å². The van der Waals surface area contributed by atoms with Crippen molar-refractivity contribution < 1.29 is 4.74 Å². The van der Waals surface area contributed by atoms with Gasteiger partial charge in [-0.25, -0.2) is 0 Å². The van der Waals surface area contributed by atoms with Crippen LogP contribution in [0.3, 0.4) is 0 Å². The van der Waals surface area contributed by atoms with Gasteiger partial charge in [0.15, 0.2) is 0 Å². The van der Waals surface area contributed by atoms with Crippen molar-refractivity contribution in [3.05, 3.63) is 50.6 Å². The molecule has 0 bridgehead atoms. The van der Waals surface area contributed by atoms with Crippen LogP contribution < -0.4 is 10.1 Å². The summed E-state index contributed by atoms with van der Waals surface area (Å²) < 4.78 is 6.98. The van der Waals surface area contributed by atoms with E-state index in [-0.39, 0.29) is 12.1 Å². The average molecular weight is 368 g/mol. The normalized spacial score (nSPS) is 12.6. The van der Waals surface area contributed by atoms with Crippen LogP contribution in [0.1, 0.15) is 43.7 Å². The second-order valence-electron chi connectivity index (χ2n) is 5.26. The topological polar surface area (TPSA) is 21.3 Å². The first kappa shape index (κ1) is 16.5. The minimum absolute atomic E-state index is 0.191. The van der Waals surface area contributed by atoms with Crippen LogP contribution in [0.4, 0.5) is 0 Å². The van der Waals surface area contributed by atoms with Crippen LogP contribution in [-0.2, 0) is 0 Å². The molecule has 1 atom stereocenters. The van der Waals surface area contributed by atoms with E-state index in [9.17, 15) is 0 Å². The highest BCUT2D eigenvalue weighted by molar-refractivity contribution is 9.10. The number of thiophene rings is 1. The highest BCUT2D eigenvalue weighted by atomic mass is 79.9. The molecule has 0 saturated carbocycles. The van der Waals surface area contributed by atoms with Crippen molar-refractivity contribution >= 4 is 27.3 Å². The van der Waals surface area contributed by atoms with Crippen molar-refractivity contribution in [1.82, 2.24) is 5.32 Å². The molecular formula is C17H22BrNOS. The van der Waals surface area contributed by atoms with Crippen LogP contribution in [0.2, 0.25) is 0 Å². The Morgan fingerprint density at radius 2 is 2.10 bits per heavy atom. The molecule has 2 rings (SSSR count). The number of ether oxygens (including phenoxy) is 1. The molecule has 0 amide bonds. The van der Waals surface area contributed by atoms with E-state index < -0.39 is 0 Å². The van der Waals surface area contributed by atoms with Gasteiger partial charge in [-0.3, -0.25) is 0 Å². The summed E-state index contributed by atoms with van der Waals surface area (Å²) in [4.78, 5) is 1.31. The zero-order valence-electron chi connectivity index (χ0n) is 12.7. The molecule has 1 aromatic heterocycles. The van der Waals surface area contributed by atoms with Crippen molar-refractivity contribution in [2.75, 3.05) is 6.54 Å². The fourth-order valence-electron chi connectivity index (χ4n) is 2.20. The standard InChI is InChI=1S/C17H22BrNOS/c1-4-9-19-16(17-15(18)8-10-21-17)13-6-5-7-14(11-13)20-12(2)3/h5-8,10-12,16,19H,4,9H2,1-3H3. The molecule has 2 nitrogen and oxygen atoms in total. The van der Waals surface area contributed by atoms with Crippen molar-refractivity contribution in [3.8, 4) is 5.75 Å².